The van der Waals surface area contributed by atoms with E-state index in [4.69, 9.17) is 0 Å². The summed E-state index contributed by atoms with van der Waals surface area (Å²) in [4.78, 5) is 32.1. The number of benzene rings is 2. The molecule has 2 fully saturated rings. The molecule has 2 aliphatic rings. The van der Waals surface area contributed by atoms with E-state index in [-0.39, 0.29) is 30.3 Å². The fourth-order valence-electron chi connectivity index (χ4n) is 4.57. The van der Waals surface area contributed by atoms with Gasteiger partial charge >= 0.3 is 0 Å². The lowest BCUT2D eigenvalue weighted by molar-refractivity contribution is -0.143. The predicted octanol–water partition coefficient (Wildman–Crippen LogP) is 3.79. The van der Waals surface area contributed by atoms with Crippen molar-refractivity contribution in [1.29, 1.82) is 0 Å². The van der Waals surface area contributed by atoms with Crippen molar-refractivity contribution in [1.82, 2.24) is 20.0 Å². The van der Waals surface area contributed by atoms with Gasteiger partial charge in [-0.15, -0.1) is 10.2 Å². The zero-order valence-corrected chi connectivity index (χ0v) is 20.1. The quantitative estimate of drug-likeness (QED) is 0.527. The van der Waals surface area contributed by atoms with E-state index < -0.39 is 0 Å². The monoisotopic (exact) mass is 469 g/mol. The summed E-state index contributed by atoms with van der Waals surface area (Å²) < 4.78 is 0. The summed E-state index contributed by atoms with van der Waals surface area (Å²) in [5.74, 6) is 0.998. The molecular weight excluding hydrogens is 438 g/mol. The van der Waals surface area contributed by atoms with Crippen LogP contribution in [-0.2, 0) is 9.59 Å². The molecule has 1 aliphatic heterocycles. The standard InChI is InChI=1S/C28H31N5O2/c1-21(22-8-4-2-5-9-22)33(28(35)24-12-13-24)20-27(34)32-18-16-31(17-19-32)26-15-14-25(29-30-26)23-10-6-3-7-11-23/h2-11,14-15,21,24H,12-13,16-20H2,1H3/t21-/m1/s1. The van der Waals surface area contributed by atoms with Gasteiger partial charge < -0.3 is 14.7 Å². The number of rotatable bonds is 7. The molecule has 180 valence electrons. The summed E-state index contributed by atoms with van der Waals surface area (Å²) in [5, 5.41) is 8.81. The Balaban J connectivity index is 1.20. The molecule has 2 amide bonds. The van der Waals surface area contributed by atoms with E-state index in [9.17, 15) is 9.59 Å². The number of amides is 2. The first-order valence-electron chi connectivity index (χ1n) is 12.4. The summed E-state index contributed by atoms with van der Waals surface area (Å²) >= 11 is 0. The number of hydrogen-bond donors (Lipinski definition) is 0. The fourth-order valence-corrected chi connectivity index (χ4v) is 4.57. The average Bonchev–Trinajstić information content (AvgIpc) is 3.78. The van der Waals surface area contributed by atoms with Crippen LogP contribution < -0.4 is 4.90 Å². The van der Waals surface area contributed by atoms with Crippen LogP contribution in [0.5, 0.6) is 0 Å². The van der Waals surface area contributed by atoms with Gasteiger partial charge in [0.25, 0.3) is 0 Å². The van der Waals surface area contributed by atoms with Crippen molar-refractivity contribution in [2.75, 3.05) is 37.6 Å². The van der Waals surface area contributed by atoms with Crippen LogP contribution in [-0.4, -0.2) is 64.5 Å². The fraction of sp³-hybridized carbons (Fsp3) is 0.357. The number of nitrogens with zero attached hydrogens (tertiary/aromatic N) is 5. The predicted molar refractivity (Wildman–Crippen MR) is 136 cm³/mol. The smallest absolute Gasteiger partial charge is 0.242 e. The maximum atomic E-state index is 13.2. The first-order chi connectivity index (χ1) is 17.1. The van der Waals surface area contributed by atoms with Crippen molar-refractivity contribution in [2.45, 2.75) is 25.8 Å². The summed E-state index contributed by atoms with van der Waals surface area (Å²) in [6, 6.07) is 23.8. The normalized spacial score (nSPS) is 16.6. The highest BCUT2D eigenvalue weighted by molar-refractivity contribution is 5.87. The third kappa shape index (κ3) is 5.34. The molecule has 0 unspecified atom stereocenters. The van der Waals surface area contributed by atoms with Crippen LogP contribution in [0, 0.1) is 5.92 Å². The lowest BCUT2D eigenvalue weighted by atomic mass is 10.1. The van der Waals surface area contributed by atoms with Gasteiger partial charge in [0.2, 0.25) is 11.8 Å². The third-order valence-corrected chi connectivity index (χ3v) is 6.94. The van der Waals surface area contributed by atoms with Crippen LogP contribution in [0.1, 0.15) is 31.4 Å². The van der Waals surface area contributed by atoms with Gasteiger partial charge in [-0.2, -0.15) is 0 Å². The lowest BCUT2D eigenvalue weighted by Crippen LogP contribution is -2.52. The third-order valence-electron chi connectivity index (χ3n) is 6.94. The number of piperazine rings is 1. The molecule has 1 aliphatic carbocycles. The summed E-state index contributed by atoms with van der Waals surface area (Å²) in [5.41, 5.74) is 2.93. The van der Waals surface area contributed by atoms with Crippen molar-refractivity contribution in [3.8, 4) is 11.3 Å². The highest BCUT2D eigenvalue weighted by Gasteiger charge is 2.37. The van der Waals surface area contributed by atoms with E-state index in [0.29, 0.717) is 26.2 Å². The molecule has 0 radical (unpaired) electrons. The molecule has 1 saturated heterocycles. The molecule has 0 spiro atoms. The van der Waals surface area contributed by atoms with Crippen LogP contribution in [0.25, 0.3) is 11.3 Å². The first kappa shape index (κ1) is 23.0. The summed E-state index contributed by atoms with van der Waals surface area (Å²) in [7, 11) is 0. The van der Waals surface area contributed by atoms with Gasteiger partial charge in [0.1, 0.15) is 6.54 Å². The van der Waals surface area contributed by atoms with E-state index in [0.717, 1.165) is 35.5 Å². The molecule has 35 heavy (non-hydrogen) atoms. The van der Waals surface area contributed by atoms with E-state index in [2.05, 4.69) is 15.1 Å². The molecular formula is C28H31N5O2. The van der Waals surface area contributed by atoms with Crippen molar-refractivity contribution >= 4 is 17.6 Å². The second kappa shape index (κ2) is 10.3. The molecule has 7 nitrogen and oxygen atoms in total. The molecule has 7 heteroatoms. The maximum Gasteiger partial charge on any atom is 0.242 e. The zero-order valence-electron chi connectivity index (χ0n) is 20.1. The van der Waals surface area contributed by atoms with Crippen molar-refractivity contribution < 1.29 is 9.59 Å². The molecule has 1 aromatic heterocycles. The van der Waals surface area contributed by atoms with E-state index in [1.807, 2.05) is 84.6 Å². The molecule has 0 N–H and O–H groups in total. The Morgan fingerprint density at radius 3 is 2.14 bits per heavy atom. The van der Waals surface area contributed by atoms with Crippen LogP contribution in [0.15, 0.2) is 72.8 Å². The first-order valence-corrected chi connectivity index (χ1v) is 12.4. The van der Waals surface area contributed by atoms with Gasteiger partial charge in [0.05, 0.1) is 11.7 Å². The van der Waals surface area contributed by atoms with Gasteiger partial charge in [0, 0.05) is 37.7 Å². The van der Waals surface area contributed by atoms with E-state index in [1.165, 1.54) is 0 Å². The van der Waals surface area contributed by atoms with Gasteiger partial charge in [0.15, 0.2) is 5.82 Å². The zero-order chi connectivity index (χ0) is 24.2. The van der Waals surface area contributed by atoms with Crippen LogP contribution in [0.4, 0.5) is 5.82 Å². The number of anilines is 1. The minimum Gasteiger partial charge on any atom is -0.352 e. The Bertz CT molecular complexity index is 1140. The summed E-state index contributed by atoms with van der Waals surface area (Å²) in [6.07, 6.45) is 1.85. The Kier molecular flexibility index (Phi) is 6.75. The van der Waals surface area contributed by atoms with E-state index in [1.54, 1.807) is 4.90 Å². The number of hydrogen-bond acceptors (Lipinski definition) is 5. The second-order valence-corrected chi connectivity index (χ2v) is 9.34. The van der Waals surface area contributed by atoms with Crippen molar-refractivity contribution in [3.05, 3.63) is 78.4 Å². The average molecular weight is 470 g/mol. The van der Waals surface area contributed by atoms with Gasteiger partial charge in [-0.1, -0.05) is 60.7 Å². The Morgan fingerprint density at radius 2 is 1.54 bits per heavy atom. The van der Waals surface area contributed by atoms with Crippen molar-refractivity contribution in [2.24, 2.45) is 5.92 Å². The lowest BCUT2D eigenvalue weighted by Gasteiger charge is -2.37. The van der Waals surface area contributed by atoms with E-state index >= 15 is 0 Å². The largest absolute Gasteiger partial charge is 0.352 e. The Hall–Kier alpha value is -3.74. The topological polar surface area (TPSA) is 69.6 Å². The minimum absolute atomic E-state index is 0.00643. The molecule has 2 heterocycles. The second-order valence-electron chi connectivity index (χ2n) is 9.34. The maximum absolute atomic E-state index is 13.2. The number of carbonyl (C=O) groups is 2. The van der Waals surface area contributed by atoms with Crippen molar-refractivity contribution in [3.63, 3.8) is 0 Å². The Labute approximate surface area is 206 Å². The summed E-state index contributed by atoms with van der Waals surface area (Å²) in [6.45, 7) is 4.72. The number of carbonyl (C=O) groups excluding carboxylic acids is 2. The van der Waals surface area contributed by atoms with Gasteiger partial charge in [-0.25, -0.2) is 0 Å². The van der Waals surface area contributed by atoms with Crippen LogP contribution in [0.2, 0.25) is 0 Å². The van der Waals surface area contributed by atoms with Crippen LogP contribution in [0.3, 0.4) is 0 Å². The highest BCUT2D eigenvalue weighted by atomic mass is 16.2. The molecule has 1 atom stereocenters. The number of aromatic nitrogens is 2. The molecule has 0 bridgehead atoms. The highest BCUT2D eigenvalue weighted by Crippen LogP contribution is 2.34. The molecule has 1 saturated carbocycles. The Morgan fingerprint density at radius 1 is 0.886 bits per heavy atom. The van der Waals surface area contributed by atoms with Gasteiger partial charge in [-0.05, 0) is 37.5 Å². The molecule has 3 aromatic rings. The SMILES string of the molecule is C[C@H](c1ccccc1)N(CC(=O)N1CCN(c2ccc(-c3ccccc3)nn2)CC1)C(=O)C1CC1. The van der Waals surface area contributed by atoms with Crippen LogP contribution >= 0.6 is 0 Å². The molecule has 2 aromatic carbocycles. The minimum atomic E-state index is -0.132. The molecule has 5 rings (SSSR count). The van der Waals surface area contributed by atoms with Gasteiger partial charge in [-0.3, -0.25) is 9.59 Å².